The maximum atomic E-state index is 12.6. The summed E-state index contributed by atoms with van der Waals surface area (Å²) in [6, 6.07) is 6.75. The van der Waals surface area contributed by atoms with Gasteiger partial charge in [0, 0.05) is 0 Å². The summed E-state index contributed by atoms with van der Waals surface area (Å²) in [5.41, 5.74) is 0.555. The van der Waals surface area contributed by atoms with E-state index in [2.05, 4.69) is 37.7 Å². The van der Waals surface area contributed by atoms with Crippen molar-refractivity contribution in [2.24, 2.45) is 0 Å². The average molecular weight is 477 g/mol. The molecule has 0 aliphatic heterocycles. The fourth-order valence-corrected chi connectivity index (χ4v) is 3.78. The molecule has 0 heterocycles. The molecule has 0 N–H and O–H groups in total. The molecular formula is C28H48N2O4. The number of ether oxygens (including phenoxy) is 2. The van der Waals surface area contributed by atoms with E-state index in [9.17, 15) is 9.59 Å². The Hall–Kier alpha value is -1.92. The minimum atomic E-state index is -0.461. The summed E-state index contributed by atoms with van der Waals surface area (Å²) in [6.07, 6.45) is 11.0. The number of hydrogen-bond donors (Lipinski definition) is 0. The van der Waals surface area contributed by atoms with Gasteiger partial charge in [-0.2, -0.15) is 0 Å². The van der Waals surface area contributed by atoms with Crippen molar-refractivity contribution < 1.29 is 19.1 Å². The van der Waals surface area contributed by atoms with Crippen LogP contribution in [0.4, 0.5) is 0 Å². The van der Waals surface area contributed by atoms with Gasteiger partial charge in [-0.15, -0.1) is 0 Å². The number of carbonyl (C=O) groups excluding carboxylic acids is 2. The molecule has 0 aliphatic rings. The third-order valence-electron chi connectivity index (χ3n) is 5.99. The van der Waals surface area contributed by atoms with Crippen LogP contribution in [0.2, 0.25) is 0 Å². The molecule has 1 aromatic rings. The molecule has 6 heteroatoms. The van der Waals surface area contributed by atoms with E-state index in [1.165, 1.54) is 38.5 Å². The number of nitrogens with zero attached hydrogens (tertiary/aromatic N) is 2. The number of unbranched alkanes of at least 4 members (excludes halogenated alkanes) is 6. The SMILES string of the molecule is CCCCCN(C)CCCCOC(=O)c1ccccc1C(=O)OCCCCN(C)CCCCC. The maximum Gasteiger partial charge on any atom is 0.339 e. The van der Waals surface area contributed by atoms with Crippen molar-refractivity contribution >= 4 is 11.9 Å². The highest BCUT2D eigenvalue weighted by Gasteiger charge is 2.18. The Bertz CT molecular complexity index is 623. The Balaban J connectivity index is 2.31. The Kier molecular flexibility index (Phi) is 17.2. The van der Waals surface area contributed by atoms with Crippen molar-refractivity contribution in [1.29, 1.82) is 0 Å². The highest BCUT2D eigenvalue weighted by atomic mass is 16.5. The summed E-state index contributed by atoms with van der Waals surface area (Å²) < 4.78 is 10.9. The number of carbonyl (C=O) groups is 2. The summed E-state index contributed by atoms with van der Waals surface area (Å²) in [5, 5.41) is 0. The normalized spacial score (nSPS) is 11.2. The van der Waals surface area contributed by atoms with Crippen molar-refractivity contribution in [3.63, 3.8) is 0 Å². The molecule has 0 spiro atoms. The predicted molar refractivity (Wildman–Crippen MR) is 140 cm³/mol. The second kappa shape index (κ2) is 19.4. The van der Waals surface area contributed by atoms with Crippen LogP contribution in [0, 0.1) is 0 Å². The highest BCUT2D eigenvalue weighted by Crippen LogP contribution is 2.13. The minimum Gasteiger partial charge on any atom is -0.462 e. The summed E-state index contributed by atoms with van der Waals surface area (Å²) in [5.74, 6) is -0.921. The fourth-order valence-electron chi connectivity index (χ4n) is 3.78. The number of esters is 2. The first kappa shape index (κ1) is 30.1. The predicted octanol–water partition coefficient (Wildman–Crippen LogP) is 5.80. The van der Waals surface area contributed by atoms with Crippen LogP contribution >= 0.6 is 0 Å². The highest BCUT2D eigenvalue weighted by molar-refractivity contribution is 6.03. The van der Waals surface area contributed by atoms with Crippen LogP contribution in [0.5, 0.6) is 0 Å². The molecule has 0 saturated carbocycles. The minimum absolute atomic E-state index is 0.278. The van der Waals surface area contributed by atoms with E-state index in [0.29, 0.717) is 13.2 Å². The van der Waals surface area contributed by atoms with Gasteiger partial charge in [0.05, 0.1) is 24.3 Å². The number of benzene rings is 1. The van der Waals surface area contributed by atoms with E-state index in [0.717, 1.165) is 51.9 Å². The molecule has 0 amide bonds. The lowest BCUT2D eigenvalue weighted by atomic mass is 10.1. The van der Waals surface area contributed by atoms with Crippen LogP contribution in [0.1, 0.15) is 98.8 Å². The van der Waals surface area contributed by atoms with Crippen molar-refractivity contribution in [3.05, 3.63) is 35.4 Å². The van der Waals surface area contributed by atoms with E-state index in [1.54, 1.807) is 24.3 Å². The van der Waals surface area contributed by atoms with E-state index >= 15 is 0 Å². The lowest BCUT2D eigenvalue weighted by Gasteiger charge is -2.16. The van der Waals surface area contributed by atoms with Crippen molar-refractivity contribution in [2.75, 3.05) is 53.5 Å². The lowest BCUT2D eigenvalue weighted by molar-refractivity contribution is 0.0448. The molecule has 0 radical (unpaired) electrons. The number of hydrogen-bond acceptors (Lipinski definition) is 6. The standard InChI is InChI=1S/C28H48N2O4/c1-5-7-11-19-29(3)21-13-15-23-33-27(31)25-17-9-10-18-26(25)28(32)34-24-16-14-22-30(4)20-12-8-6-2/h9-10,17-18H,5-8,11-16,19-24H2,1-4H3. The number of rotatable bonds is 20. The van der Waals surface area contributed by atoms with E-state index in [4.69, 9.17) is 9.47 Å². The molecule has 1 aromatic carbocycles. The van der Waals surface area contributed by atoms with Crippen molar-refractivity contribution in [2.45, 2.75) is 78.1 Å². The van der Waals surface area contributed by atoms with Gasteiger partial charge in [-0.25, -0.2) is 9.59 Å². The molecule has 0 bridgehead atoms. The first-order valence-electron chi connectivity index (χ1n) is 13.3. The average Bonchev–Trinajstić information content (AvgIpc) is 2.83. The Morgan fingerprint density at radius 3 is 1.32 bits per heavy atom. The van der Waals surface area contributed by atoms with Gasteiger partial charge >= 0.3 is 11.9 Å². The second-order valence-corrected chi connectivity index (χ2v) is 9.25. The molecule has 6 nitrogen and oxygen atoms in total. The molecule has 0 aromatic heterocycles. The zero-order chi connectivity index (χ0) is 25.0. The first-order chi connectivity index (χ1) is 16.5. The largest absolute Gasteiger partial charge is 0.462 e. The van der Waals surface area contributed by atoms with Crippen molar-refractivity contribution in [3.8, 4) is 0 Å². The maximum absolute atomic E-state index is 12.6. The Morgan fingerprint density at radius 1 is 0.618 bits per heavy atom. The fraction of sp³-hybridized carbons (Fsp3) is 0.714. The van der Waals surface area contributed by atoms with Crippen LogP contribution in [0.15, 0.2) is 24.3 Å². The van der Waals surface area contributed by atoms with Gasteiger partial charge in [0.15, 0.2) is 0 Å². The van der Waals surface area contributed by atoms with Crippen LogP contribution in [0.3, 0.4) is 0 Å². The second-order valence-electron chi connectivity index (χ2n) is 9.25. The van der Waals surface area contributed by atoms with Gasteiger partial charge in [-0.3, -0.25) is 0 Å². The van der Waals surface area contributed by atoms with Gasteiger partial charge in [0.2, 0.25) is 0 Å². The smallest absolute Gasteiger partial charge is 0.339 e. The van der Waals surface area contributed by atoms with Crippen LogP contribution in [-0.4, -0.2) is 75.2 Å². The third kappa shape index (κ3) is 13.7. The third-order valence-corrected chi connectivity index (χ3v) is 5.99. The molecule has 0 atom stereocenters. The van der Waals surface area contributed by atoms with Gasteiger partial charge in [0.25, 0.3) is 0 Å². The zero-order valence-electron chi connectivity index (χ0n) is 22.2. The summed E-state index contributed by atoms with van der Waals surface area (Å²) in [7, 11) is 4.27. The zero-order valence-corrected chi connectivity index (χ0v) is 22.2. The summed E-state index contributed by atoms with van der Waals surface area (Å²) in [4.78, 5) is 29.8. The molecule has 194 valence electrons. The first-order valence-corrected chi connectivity index (χ1v) is 13.3. The Labute approximate surface area is 208 Å². The van der Waals surface area contributed by atoms with E-state index in [-0.39, 0.29) is 11.1 Å². The Morgan fingerprint density at radius 2 is 0.971 bits per heavy atom. The molecular weight excluding hydrogens is 428 g/mol. The topological polar surface area (TPSA) is 59.1 Å². The molecule has 1 rings (SSSR count). The summed E-state index contributed by atoms with van der Waals surface area (Å²) in [6.45, 7) is 9.35. The van der Waals surface area contributed by atoms with Gasteiger partial charge in [-0.05, 0) is 90.9 Å². The van der Waals surface area contributed by atoms with E-state index < -0.39 is 11.9 Å². The molecule has 34 heavy (non-hydrogen) atoms. The van der Waals surface area contributed by atoms with Gasteiger partial charge in [-0.1, -0.05) is 51.7 Å². The molecule has 0 fully saturated rings. The quantitative estimate of drug-likeness (QED) is 0.175. The van der Waals surface area contributed by atoms with Crippen LogP contribution < -0.4 is 0 Å². The molecule has 0 aliphatic carbocycles. The van der Waals surface area contributed by atoms with Gasteiger partial charge < -0.3 is 19.3 Å². The monoisotopic (exact) mass is 476 g/mol. The van der Waals surface area contributed by atoms with Crippen LogP contribution in [0.25, 0.3) is 0 Å². The molecule has 0 saturated heterocycles. The van der Waals surface area contributed by atoms with Crippen molar-refractivity contribution in [1.82, 2.24) is 9.80 Å². The molecule has 0 unspecified atom stereocenters. The lowest BCUT2D eigenvalue weighted by Crippen LogP contribution is -2.21. The van der Waals surface area contributed by atoms with Crippen LogP contribution in [-0.2, 0) is 9.47 Å². The van der Waals surface area contributed by atoms with Gasteiger partial charge in [0.1, 0.15) is 0 Å². The summed E-state index contributed by atoms with van der Waals surface area (Å²) >= 11 is 0. The van der Waals surface area contributed by atoms with E-state index in [1.807, 2.05) is 0 Å².